The third-order valence-corrected chi connectivity index (χ3v) is 5.65. The maximum absolute atomic E-state index is 13.0. The maximum Gasteiger partial charge on any atom is 0.263 e. The zero-order chi connectivity index (χ0) is 22.4. The van der Waals surface area contributed by atoms with Gasteiger partial charge in [0, 0.05) is 13.5 Å². The molecule has 0 spiro atoms. The largest absolute Gasteiger partial charge is 0.497 e. The molecule has 7 heteroatoms. The Balaban J connectivity index is 1.75. The molecule has 2 unspecified atom stereocenters. The van der Waals surface area contributed by atoms with E-state index in [2.05, 4.69) is 24.1 Å². The van der Waals surface area contributed by atoms with Crippen molar-refractivity contribution >= 4 is 17.5 Å². The number of hydrogen-bond acceptors (Lipinski definition) is 5. The van der Waals surface area contributed by atoms with Gasteiger partial charge in [0.05, 0.1) is 25.4 Å². The molecule has 0 radical (unpaired) electrons. The van der Waals surface area contributed by atoms with Crippen molar-refractivity contribution < 1.29 is 19.1 Å². The molecule has 7 nitrogen and oxygen atoms in total. The second-order valence-electron chi connectivity index (χ2n) is 7.46. The molecule has 0 fully saturated rings. The van der Waals surface area contributed by atoms with Crippen molar-refractivity contribution in [3.05, 3.63) is 54.1 Å². The van der Waals surface area contributed by atoms with Gasteiger partial charge >= 0.3 is 0 Å². The van der Waals surface area contributed by atoms with Crippen LogP contribution in [-0.2, 0) is 9.59 Å². The molecule has 1 heterocycles. The summed E-state index contributed by atoms with van der Waals surface area (Å²) in [7, 11) is 1.65. The number of benzene rings is 2. The SMILES string of the molecule is CCN(CC)C(CNC(=O)C1CN(C(C)=O)c2ccccc2O1)c1cccc(OC)c1. The molecule has 0 saturated carbocycles. The highest BCUT2D eigenvalue weighted by molar-refractivity contribution is 5.95. The zero-order valence-electron chi connectivity index (χ0n) is 18.6. The van der Waals surface area contributed by atoms with Crippen molar-refractivity contribution in [1.29, 1.82) is 0 Å². The molecule has 0 aromatic heterocycles. The summed E-state index contributed by atoms with van der Waals surface area (Å²) >= 11 is 0. The monoisotopic (exact) mass is 425 g/mol. The fraction of sp³-hybridized carbons (Fsp3) is 0.417. The first-order valence-electron chi connectivity index (χ1n) is 10.7. The van der Waals surface area contributed by atoms with Crippen molar-refractivity contribution in [3.8, 4) is 11.5 Å². The number of carbonyl (C=O) groups excluding carboxylic acids is 2. The van der Waals surface area contributed by atoms with Crippen molar-refractivity contribution in [2.75, 3.05) is 38.2 Å². The van der Waals surface area contributed by atoms with Gasteiger partial charge in [0.1, 0.15) is 11.5 Å². The lowest BCUT2D eigenvalue weighted by atomic mass is 10.0. The van der Waals surface area contributed by atoms with Crippen LogP contribution < -0.4 is 19.7 Å². The minimum absolute atomic E-state index is 0.00571. The van der Waals surface area contributed by atoms with E-state index in [-0.39, 0.29) is 24.4 Å². The fourth-order valence-corrected chi connectivity index (χ4v) is 3.95. The Hall–Kier alpha value is -3.06. The Labute approximate surface area is 183 Å². The molecule has 1 N–H and O–H groups in total. The lowest BCUT2D eigenvalue weighted by Crippen LogP contribution is -2.51. The van der Waals surface area contributed by atoms with E-state index in [9.17, 15) is 9.59 Å². The van der Waals surface area contributed by atoms with Gasteiger partial charge in [-0.25, -0.2) is 0 Å². The summed E-state index contributed by atoms with van der Waals surface area (Å²) < 4.78 is 11.3. The second kappa shape index (κ2) is 10.3. The molecule has 2 atom stereocenters. The molecule has 0 saturated heterocycles. The molecular formula is C24H31N3O4. The minimum atomic E-state index is -0.763. The lowest BCUT2D eigenvalue weighted by molar-refractivity contribution is -0.128. The van der Waals surface area contributed by atoms with Gasteiger partial charge < -0.3 is 19.7 Å². The first-order valence-corrected chi connectivity index (χ1v) is 10.7. The number of amides is 2. The van der Waals surface area contributed by atoms with E-state index in [0.717, 1.165) is 24.4 Å². The number of likely N-dealkylation sites (N-methyl/N-ethyl adjacent to an activating group) is 1. The molecule has 166 valence electrons. The lowest BCUT2D eigenvalue weighted by Gasteiger charge is -2.34. The molecule has 1 aliphatic rings. The highest BCUT2D eigenvalue weighted by Gasteiger charge is 2.33. The van der Waals surface area contributed by atoms with E-state index < -0.39 is 6.10 Å². The summed E-state index contributed by atoms with van der Waals surface area (Å²) in [6, 6.07) is 15.2. The maximum atomic E-state index is 13.0. The van der Waals surface area contributed by atoms with Crippen LogP contribution in [0.5, 0.6) is 11.5 Å². The zero-order valence-corrected chi connectivity index (χ0v) is 18.6. The number of hydrogen-bond donors (Lipinski definition) is 1. The predicted octanol–water partition coefficient (Wildman–Crippen LogP) is 3.01. The van der Waals surface area contributed by atoms with Crippen molar-refractivity contribution in [2.45, 2.75) is 32.9 Å². The average molecular weight is 426 g/mol. The predicted molar refractivity (Wildman–Crippen MR) is 121 cm³/mol. The van der Waals surface area contributed by atoms with Gasteiger partial charge in [-0.05, 0) is 42.9 Å². The Morgan fingerprint density at radius 1 is 1.19 bits per heavy atom. The topological polar surface area (TPSA) is 71.1 Å². The average Bonchev–Trinajstić information content (AvgIpc) is 2.80. The number of nitrogens with one attached hydrogen (secondary N) is 1. The fourth-order valence-electron chi connectivity index (χ4n) is 3.95. The first-order chi connectivity index (χ1) is 15.0. The van der Waals surface area contributed by atoms with Crippen LogP contribution in [0.2, 0.25) is 0 Å². The van der Waals surface area contributed by atoms with E-state index >= 15 is 0 Å². The molecule has 31 heavy (non-hydrogen) atoms. The van der Waals surface area contributed by atoms with E-state index in [1.54, 1.807) is 18.1 Å². The number of nitrogens with zero attached hydrogens (tertiary/aromatic N) is 2. The molecule has 1 aliphatic heterocycles. The smallest absolute Gasteiger partial charge is 0.263 e. The van der Waals surface area contributed by atoms with E-state index in [4.69, 9.17) is 9.47 Å². The molecule has 3 rings (SSSR count). The van der Waals surface area contributed by atoms with Gasteiger partial charge in [0.25, 0.3) is 5.91 Å². The summed E-state index contributed by atoms with van der Waals surface area (Å²) in [5, 5.41) is 3.04. The number of anilines is 1. The number of methoxy groups -OCH3 is 1. The molecule has 0 aliphatic carbocycles. The normalized spacial score (nSPS) is 16.3. The van der Waals surface area contributed by atoms with Gasteiger partial charge in [0.2, 0.25) is 5.91 Å². The van der Waals surface area contributed by atoms with Crippen LogP contribution in [-0.4, -0.2) is 56.1 Å². The quantitative estimate of drug-likeness (QED) is 0.704. The molecule has 2 aromatic carbocycles. The van der Waals surface area contributed by atoms with Crippen molar-refractivity contribution in [2.24, 2.45) is 0 Å². The Morgan fingerprint density at radius 2 is 1.94 bits per heavy atom. The van der Waals surface area contributed by atoms with Gasteiger partial charge in [-0.1, -0.05) is 38.1 Å². The van der Waals surface area contributed by atoms with Gasteiger partial charge in [0.15, 0.2) is 6.10 Å². The van der Waals surface area contributed by atoms with Crippen LogP contribution >= 0.6 is 0 Å². The molecule has 2 aromatic rings. The second-order valence-corrected chi connectivity index (χ2v) is 7.46. The number of para-hydroxylation sites is 2. The van der Waals surface area contributed by atoms with Crippen molar-refractivity contribution in [3.63, 3.8) is 0 Å². The number of carbonyl (C=O) groups is 2. The Kier molecular flexibility index (Phi) is 7.52. The molecular weight excluding hydrogens is 394 g/mol. The summed E-state index contributed by atoms with van der Waals surface area (Å²) in [6.45, 7) is 8.01. The number of rotatable bonds is 8. The molecule has 0 bridgehead atoms. The van der Waals surface area contributed by atoms with Crippen LogP contribution in [0.3, 0.4) is 0 Å². The van der Waals surface area contributed by atoms with Crippen LogP contribution in [0.4, 0.5) is 5.69 Å². The highest BCUT2D eigenvalue weighted by atomic mass is 16.5. The first kappa shape index (κ1) is 22.6. The Bertz CT molecular complexity index is 913. The standard InChI is InChI=1S/C24H31N3O4/c1-5-26(6-2)21(18-10-9-11-19(14-18)30-4)15-25-24(29)23-16-27(17(3)28)20-12-7-8-13-22(20)31-23/h7-14,21,23H,5-6,15-16H2,1-4H3,(H,25,29). The van der Waals surface area contributed by atoms with Crippen LogP contribution in [0.25, 0.3) is 0 Å². The summed E-state index contributed by atoms with van der Waals surface area (Å²) in [6.07, 6.45) is -0.763. The third kappa shape index (κ3) is 5.17. The van der Waals surface area contributed by atoms with Gasteiger partial charge in [-0.3, -0.25) is 14.5 Å². The minimum Gasteiger partial charge on any atom is -0.497 e. The van der Waals surface area contributed by atoms with Crippen molar-refractivity contribution in [1.82, 2.24) is 10.2 Å². The summed E-state index contributed by atoms with van der Waals surface area (Å²) in [4.78, 5) is 29.0. The number of ether oxygens (including phenoxy) is 2. The Morgan fingerprint density at radius 3 is 2.61 bits per heavy atom. The van der Waals surface area contributed by atoms with Gasteiger partial charge in [-0.2, -0.15) is 0 Å². The van der Waals surface area contributed by atoms with Crippen LogP contribution in [0.1, 0.15) is 32.4 Å². The molecule has 2 amide bonds. The third-order valence-electron chi connectivity index (χ3n) is 5.65. The highest BCUT2D eigenvalue weighted by Crippen LogP contribution is 2.33. The number of fused-ring (bicyclic) bond motifs is 1. The van der Waals surface area contributed by atoms with E-state index in [1.165, 1.54) is 6.92 Å². The summed E-state index contributed by atoms with van der Waals surface area (Å²) in [5.74, 6) is 0.967. The summed E-state index contributed by atoms with van der Waals surface area (Å²) in [5.41, 5.74) is 1.76. The van der Waals surface area contributed by atoms with Crippen LogP contribution in [0, 0.1) is 0 Å². The van der Waals surface area contributed by atoms with Gasteiger partial charge in [-0.15, -0.1) is 0 Å². The van der Waals surface area contributed by atoms with E-state index in [1.807, 2.05) is 42.5 Å². The van der Waals surface area contributed by atoms with Crippen LogP contribution in [0.15, 0.2) is 48.5 Å². The van der Waals surface area contributed by atoms with E-state index in [0.29, 0.717) is 18.0 Å².